The van der Waals surface area contributed by atoms with Crippen LogP contribution < -0.4 is 4.80 Å². The van der Waals surface area contributed by atoms with Gasteiger partial charge in [-0.25, -0.2) is 9.98 Å². The lowest BCUT2D eigenvalue weighted by atomic mass is 9.70. The molecule has 0 saturated heterocycles. The molecule has 8 heteroatoms. The highest BCUT2D eigenvalue weighted by Crippen LogP contribution is 2.41. The van der Waals surface area contributed by atoms with E-state index in [0.29, 0.717) is 44.7 Å². The molecule has 0 radical (unpaired) electrons. The van der Waals surface area contributed by atoms with Gasteiger partial charge in [-0.15, -0.1) is 11.3 Å². The molecular weight excluding hydrogens is 402 g/mol. The van der Waals surface area contributed by atoms with E-state index in [4.69, 9.17) is 14.5 Å². The average molecular weight is 434 g/mol. The molecule has 0 aliphatic heterocycles. The lowest BCUT2D eigenvalue weighted by Crippen LogP contribution is -2.43. The number of carbonyl (C=O) groups excluding carboxylic acids is 1. The fraction of sp³-hybridized carbons (Fsp3) is 0.591. The Morgan fingerprint density at radius 2 is 2.10 bits per heavy atom. The Morgan fingerprint density at radius 3 is 2.77 bits per heavy atom. The lowest BCUT2D eigenvalue weighted by Gasteiger charge is -2.38. The summed E-state index contributed by atoms with van der Waals surface area (Å²) in [5.41, 5.74) is -0.427. The highest BCUT2D eigenvalue weighted by atomic mass is 32.1. The third-order valence-electron chi connectivity index (χ3n) is 5.19. The predicted octanol–water partition coefficient (Wildman–Crippen LogP) is 3.59. The quantitative estimate of drug-likeness (QED) is 0.704. The highest BCUT2D eigenvalue weighted by Gasteiger charge is 2.44. The molecule has 0 atom stereocenters. The zero-order valence-corrected chi connectivity index (χ0v) is 18.9. The van der Waals surface area contributed by atoms with Crippen LogP contribution in [0.5, 0.6) is 0 Å². The van der Waals surface area contributed by atoms with Crippen LogP contribution in [0.15, 0.2) is 34.8 Å². The summed E-state index contributed by atoms with van der Waals surface area (Å²) >= 11 is 1.51. The van der Waals surface area contributed by atoms with Crippen molar-refractivity contribution in [1.29, 1.82) is 0 Å². The summed E-state index contributed by atoms with van der Waals surface area (Å²) in [6, 6.07) is 5.69. The first-order valence-corrected chi connectivity index (χ1v) is 11.1. The van der Waals surface area contributed by atoms with Crippen molar-refractivity contribution in [1.82, 2.24) is 9.55 Å². The van der Waals surface area contributed by atoms with Gasteiger partial charge in [0.15, 0.2) is 10.6 Å². The van der Waals surface area contributed by atoms with Crippen LogP contribution in [-0.4, -0.2) is 39.4 Å². The van der Waals surface area contributed by atoms with Gasteiger partial charge in [-0.2, -0.15) is 0 Å². The first-order valence-electron chi connectivity index (χ1n) is 10.3. The van der Waals surface area contributed by atoms with E-state index in [1.54, 1.807) is 7.11 Å². The summed E-state index contributed by atoms with van der Waals surface area (Å²) < 4.78 is 12.9. The molecule has 0 spiro atoms. The molecule has 1 fully saturated rings. The topological polar surface area (TPSA) is 85.9 Å². The van der Waals surface area contributed by atoms with E-state index in [1.807, 2.05) is 55.1 Å². The maximum absolute atomic E-state index is 13.1. The molecule has 164 valence electrons. The molecule has 2 heterocycles. The Hall–Kier alpha value is -2.03. The van der Waals surface area contributed by atoms with Gasteiger partial charge in [-0.05, 0) is 58.6 Å². The number of hydrogen-bond acceptors (Lipinski definition) is 7. The second-order valence-corrected chi connectivity index (χ2v) is 9.74. The summed E-state index contributed by atoms with van der Waals surface area (Å²) in [5.74, 6) is 0.386. The van der Waals surface area contributed by atoms with Gasteiger partial charge in [0.1, 0.15) is 12.3 Å². The number of methoxy groups -OCH3 is 1. The van der Waals surface area contributed by atoms with Gasteiger partial charge in [-0.1, -0.05) is 6.07 Å². The summed E-state index contributed by atoms with van der Waals surface area (Å²) in [6.07, 6.45) is 4.40. The van der Waals surface area contributed by atoms with Gasteiger partial charge in [0.05, 0.1) is 11.5 Å². The Labute approximate surface area is 181 Å². The van der Waals surface area contributed by atoms with Crippen molar-refractivity contribution in [2.75, 3.05) is 7.11 Å². The molecule has 1 aliphatic rings. The van der Waals surface area contributed by atoms with Crippen molar-refractivity contribution in [3.63, 3.8) is 0 Å². The van der Waals surface area contributed by atoms with Crippen molar-refractivity contribution in [3.8, 4) is 0 Å². The molecule has 0 amide bonds. The van der Waals surface area contributed by atoms with Crippen molar-refractivity contribution in [3.05, 3.63) is 40.3 Å². The highest BCUT2D eigenvalue weighted by molar-refractivity contribution is 7.07. The molecule has 0 aromatic carbocycles. The Morgan fingerprint density at radius 1 is 1.37 bits per heavy atom. The summed E-state index contributed by atoms with van der Waals surface area (Å²) in [5, 5.41) is 11.9. The van der Waals surface area contributed by atoms with Crippen LogP contribution in [0.2, 0.25) is 0 Å². The summed E-state index contributed by atoms with van der Waals surface area (Å²) in [6.45, 7) is 6.06. The first kappa shape index (κ1) is 22.7. The van der Waals surface area contributed by atoms with Crippen LogP contribution in [0, 0.1) is 5.41 Å². The van der Waals surface area contributed by atoms with Crippen LogP contribution in [-0.2, 0) is 27.4 Å². The van der Waals surface area contributed by atoms with Crippen molar-refractivity contribution in [2.45, 2.75) is 71.3 Å². The van der Waals surface area contributed by atoms with E-state index in [9.17, 15) is 9.90 Å². The van der Waals surface area contributed by atoms with Gasteiger partial charge in [0.25, 0.3) is 0 Å². The monoisotopic (exact) mass is 433 g/mol. The minimum Gasteiger partial charge on any atom is -0.460 e. The normalized spacial score (nSPS) is 22.8. The number of pyridine rings is 1. The molecule has 7 nitrogen and oxygen atoms in total. The van der Waals surface area contributed by atoms with Crippen molar-refractivity contribution >= 4 is 23.1 Å². The fourth-order valence-electron chi connectivity index (χ4n) is 3.69. The number of carbonyl (C=O) groups is 1. The lowest BCUT2D eigenvalue weighted by molar-refractivity contribution is -0.171. The molecule has 1 N–H and O–H groups in total. The molecule has 2 aromatic rings. The molecular formula is C22H31N3O4S. The van der Waals surface area contributed by atoms with E-state index in [-0.39, 0.29) is 12.1 Å². The van der Waals surface area contributed by atoms with Crippen LogP contribution in [0.4, 0.5) is 5.82 Å². The summed E-state index contributed by atoms with van der Waals surface area (Å²) in [4.78, 5) is 23.3. The number of aromatic nitrogens is 2. The van der Waals surface area contributed by atoms with Crippen molar-refractivity contribution in [2.24, 2.45) is 10.4 Å². The van der Waals surface area contributed by atoms with Crippen LogP contribution in [0.25, 0.3) is 0 Å². The minimum atomic E-state index is -0.670. The fourth-order valence-corrected chi connectivity index (χ4v) is 4.42. The number of esters is 1. The van der Waals surface area contributed by atoms with Gasteiger partial charge >= 0.3 is 5.97 Å². The minimum absolute atomic E-state index is 0.206. The van der Waals surface area contributed by atoms with Gasteiger partial charge in [0, 0.05) is 30.8 Å². The zero-order valence-electron chi connectivity index (χ0n) is 18.1. The van der Waals surface area contributed by atoms with E-state index in [1.165, 1.54) is 11.3 Å². The Bertz CT molecular complexity index is 921. The summed E-state index contributed by atoms with van der Waals surface area (Å²) in [7, 11) is 1.64. The molecule has 30 heavy (non-hydrogen) atoms. The van der Waals surface area contributed by atoms with Gasteiger partial charge in [0.2, 0.25) is 0 Å². The molecule has 0 unspecified atom stereocenters. The predicted molar refractivity (Wildman–Crippen MR) is 115 cm³/mol. The van der Waals surface area contributed by atoms with Crippen LogP contribution in [0.1, 0.15) is 52.1 Å². The standard InChI is InChI=1S/C22H31N3O4S/c1-21(2,3)29-19(27)22(10-8-17(26)9-11-22)14-16-6-5-7-18(23-16)24-20-25(15-28-4)12-13-30-20/h5-7,12-13,17,26H,8-11,14-15H2,1-4H3/b24-20+. The first-order chi connectivity index (χ1) is 14.2. The third-order valence-corrected chi connectivity index (χ3v) is 5.99. The van der Waals surface area contributed by atoms with Gasteiger partial charge < -0.3 is 14.6 Å². The Kier molecular flexibility index (Phi) is 7.10. The number of rotatable bonds is 6. The number of aliphatic hydroxyl groups is 1. The van der Waals surface area contributed by atoms with Crippen LogP contribution >= 0.6 is 11.3 Å². The van der Waals surface area contributed by atoms with Crippen molar-refractivity contribution < 1.29 is 19.4 Å². The van der Waals surface area contributed by atoms with E-state index in [2.05, 4.69) is 4.99 Å². The molecule has 3 rings (SSSR count). The number of hydrogen-bond donors (Lipinski definition) is 1. The maximum Gasteiger partial charge on any atom is 0.312 e. The number of aliphatic hydroxyl groups excluding tert-OH is 1. The number of nitrogens with zero attached hydrogens (tertiary/aromatic N) is 3. The third kappa shape index (κ3) is 5.77. The van der Waals surface area contributed by atoms with E-state index >= 15 is 0 Å². The molecule has 0 bridgehead atoms. The zero-order chi connectivity index (χ0) is 21.8. The smallest absolute Gasteiger partial charge is 0.312 e. The number of ether oxygens (including phenoxy) is 2. The maximum atomic E-state index is 13.1. The van der Waals surface area contributed by atoms with E-state index in [0.717, 1.165) is 10.5 Å². The molecule has 2 aromatic heterocycles. The second-order valence-electron chi connectivity index (χ2n) is 8.86. The van der Waals surface area contributed by atoms with Crippen LogP contribution in [0.3, 0.4) is 0 Å². The molecule has 1 saturated carbocycles. The second kappa shape index (κ2) is 9.41. The van der Waals surface area contributed by atoms with E-state index < -0.39 is 11.0 Å². The van der Waals surface area contributed by atoms with Gasteiger partial charge in [-0.3, -0.25) is 9.36 Å². The SMILES string of the molecule is COCn1ccs/c1=N/c1cccc(CC2(C(=O)OC(C)(C)C)CCC(O)CC2)n1. The largest absolute Gasteiger partial charge is 0.460 e. The molecule has 1 aliphatic carbocycles. The number of thiazole rings is 1. The Balaban J connectivity index is 1.87. The average Bonchev–Trinajstić information content (AvgIpc) is 3.10.